The topological polar surface area (TPSA) is 81.2 Å². The van der Waals surface area contributed by atoms with Gasteiger partial charge in [0, 0.05) is 11.0 Å². The minimum absolute atomic E-state index is 0.0897. The zero-order chi connectivity index (χ0) is 13.8. The zero-order valence-electron chi connectivity index (χ0n) is 10.1. The van der Waals surface area contributed by atoms with E-state index in [1.165, 1.54) is 23.9 Å². The number of nitrogens with one attached hydrogen (secondary N) is 1. The molecule has 0 spiro atoms. The first kappa shape index (κ1) is 13.4. The van der Waals surface area contributed by atoms with Gasteiger partial charge in [0.1, 0.15) is 11.6 Å². The molecule has 0 atom stereocenters. The minimum Gasteiger partial charge on any atom is -0.396 e. The second kappa shape index (κ2) is 5.75. The second-order valence-corrected chi connectivity index (χ2v) is 4.89. The van der Waals surface area contributed by atoms with Gasteiger partial charge in [-0.3, -0.25) is 4.79 Å². The van der Waals surface area contributed by atoms with Crippen LogP contribution in [0.5, 0.6) is 0 Å². The van der Waals surface area contributed by atoms with Crippen LogP contribution in [-0.4, -0.2) is 16.8 Å². The van der Waals surface area contributed by atoms with E-state index in [1.807, 2.05) is 0 Å². The van der Waals surface area contributed by atoms with E-state index in [4.69, 9.17) is 10.3 Å². The average molecular weight is 281 g/mol. The normalized spacial score (nSPS) is 10.4. The quantitative estimate of drug-likeness (QED) is 0.664. The average Bonchev–Trinajstić information content (AvgIpc) is 2.76. The molecule has 2 aromatic rings. The van der Waals surface area contributed by atoms with Gasteiger partial charge < -0.3 is 15.6 Å². The molecule has 0 bridgehead atoms. The van der Waals surface area contributed by atoms with Crippen LogP contribution in [-0.2, 0) is 4.79 Å². The van der Waals surface area contributed by atoms with Gasteiger partial charge in [-0.2, -0.15) is 0 Å². The Bertz CT molecular complexity index is 600. The Labute approximate surface area is 113 Å². The molecule has 0 aliphatic heterocycles. The van der Waals surface area contributed by atoms with Gasteiger partial charge in [-0.05, 0) is 25.1 Å². The number of amides is 1. The van der Waals surface area contributed by atoms with Crippen molar-refractivity contribution in [2.75, 3.05) is 16.8 Å². The van der Waals surface area contributed by atoms with Gasteiger partial charge in [0.15, 0.2) is 5.82 Å². The Morgan fingerprint density at radius 1 is 1.53 bits per heavy atom. The lowest BCUT2D eigenvalue weighted by atomic mass is 10.3. The number of nitrogen functional groups attached to an aromatic ring is 1. The molecule has 1 amide bonds. The van der Waals surface area contributed by atoms with E-state index in [1.54, 1.807) is 19.1 Å². The molecule has 0 unspecified atom stereocenters. The number of hydrogen-bond donors (Lipinski definition) is 2. The molecule has 3 N–H and O–H groups in total. The lowest BCUT2D eigenvalue weighted by Gasteiger charge is -2.03. The predicted molar refractivity (Wildman–Crippen MR) is 71.4 cm³/mol. The van der Waals surface area contributed by atoms with Gasteiger partial charge in [0.25, 0.3) is 0 Å². The molecule has 2 rings (SSSR count). The van der Waals surface area contributed by atoms with Crippen LogP contribution in [0, 0.1) is 12.7 Å². The Morgan fingerprint density at radius 2 is 2.32 bits per heavy atom. The van der Waals surface area contributed by atoms with Crippen LogP contribution >= 0.6 is 11.8 Å². The summed E-state index contributed by atoms with van der Waals surface area (Å²) in [6, 6.07) is 6.05. The molecule has 100 valence electrons. The van der Waals surface area contributed by atoms with E-state index in [2.05, 4.69) is 10.5 Å². The summed E-state index contributed by atoms with van der Waals surface area (Å²) in [6.07, 6.45) is 0. The Hall–Kier alpha value is -2.02. The number of nitrogens with zero attached hydrogens (tertiary/aromatic N) is 1. The lowest BCUT2D eigenvalue weighted by Crippen LogP contribution is -2.14. The molecule has 5 nitrogen and oxygen atoms in total. The van der Waals surface area contributed by atoms with Crippen LogP contribution in [0.2, 0.25) is 0 Å². The molecule has 1 aromatic carbocycles. The van der Waals surface area contributed by atoms with Gasteiger partial charge >= 0.3 is 0 Å². The molecular weight excluding hydrogens is 269 g/mol. The number of carbonyl (C=O) groups is 1. The highest BCUT2D eigenvalue weighted by Crippen LogP contribution is 2.22. The fourth-order valence-electron chi connectivity index (χ4n) is 1.35. The first-order valence-corrected chi connectivity index (χ1v) is 6.44. The lowest BCUT2D eigenvalue weighted by molar-refractivity contribution is -0.113. The number of anilines is 2. The second-order valence-electron chi connectivity index (χ2n) is 3.84. The van der Waals surface area contributed by atoms with Gasteiger partial charge in [0.2, 0.25) is 5.91 Å². The zero-order valence-corrected chi connectivity index (χ0v) is 11.0. The molecule has 0 aliphatic rings. The third-order valence-corrected chi connectivity index (χ3v) is 3.23. The molecule has 7 heteroatoms. The first-order valence-electron chi connectivity index (χ1n) is 5.45. The molecule has 0 saturated heterocycles. The van der Waals surface area contributed by atoms with Crippen molar-refractivity contribution in [3.8, 4) is 0 Å². The van der Waals surface area contributed by atoms with Crippen LogP contribution in [0.1, 0.15) is 5.76 Å². The highest BCUT2D eigenvalue weighted by Gasteiger charge is 2.08. The van der Waals surface area contributed by atoms with Crippen molar-refractivity contribution in [2.24, 2.45) is 0 Å². The Balaban J connectivity index is 1.88. The highest BCUT2D eigenvalue weighted by molar-refractivity contribution is 8.00. The SMILES string of the molecule is Cc1cc(NC(=O)CSc2ccc(N)c(F)c2)no1. The maximum Gasteiger partial charge on any atom is 0.235 e. The van der Waals surface area contributed by atoms with Crippen molar-refractivity contribution in [3.05, 3.63) is 35.8 Å². The number of benzene rings is 1. The van der Waals surface area contributed by atoms with E-state index in [-0.39, 0.29) is 17.3 Å². The van der Waals surface area contributed by atoms with E-state index < -0.39 is 5.82 Å². The maximum absolute atomic E-state index is 13.2. The standard InChI is InChI=1S/C12H12FN3O2S/c1-7-4-11(16-18-7)15-12(17)6-19-8-2-3-10(14)9(13)5-8/h2-5H,6,14H2,1H3,(H,15,16,17). The third kappa shape index (κ3) is 3.72. The number of nitrogens with two attached hydrogens (primary N) is 1. The van der Waals surface area contributed by atoms with Crippen LogP contribution in [0.25, 0.3) is 0 Å². The molecular formula is C12H12FN3O2S. The van der Waals surface area contributed by atoms with E-state index >= 15 is 0 Å². The molecule has 0 aliphatic carbocycles. The summed E-state index contributed by atoms with van der Waals surface area (Å²) >= 11 is 1.21. The van der Waals surface area contributed by atoms with Crippen molar-refractivity contribution in [1.29, 1.82) is 0 Å². The van der Waals surface area contributed by atoms with Crippen LogP contribution in [0.15, 0.2) is 33.7 Å². The summed E-state index contributed by atoms with van der Waals surface area (Å²) < 4.78 is 18.0. The number of halogens is 1. The number of aromatic nitrogens is 1. The molecule has 19 heavy (non-hydrogen) atoms. The van der Waals surface area contributed by atoms with Gasteiger partial charge in [0.05, 0.1) is 11.4 Å². The fourth-order valence-corrected chi connectivity index (χ4v) is 2.07. The fraction of sp³-hybridized carbons (Fsp3) is 0.167. The highest BCUT2D eigenvalue weighted by atomic mass is 32.2. The Kier molecular flexibility index (Phi) is 4.06. The summed E-state index contributed by atoms with van der Waals surface area (Å²) in [5.41, 5.74) is 5.46. The monoisotopic (exact) mass is 281 g/mol. The van der Waals surface area contributed by atoms with Gasteiger partial charge in [-0.1, -0.05) is 5.16 Å². The molecule has 1 heterocycles. The predicted octanol–water partition coefficient (Wildman–Crippen LogP) is 2.44. The Morgan fingerprint density at radius 3 is 2.95 bits per heavy atom. The summed E-state index contributed by atoms with van der Waals surface area (Å²) in [5.74, 6) is 0.401. The van der Waals surface area contributed by atoms with Crippen molar-refractivity contribution in [3.63, 3.8) is 0 Å². The summed E-state index contributed by atoms with van der Waals surface area (Å²) in [6.45, 7) is 1.73. The molecule has 1 aromatic heterocycles. The molecule has 0 radical (unpaired) electrons. The minimum atomic E-state index is -0.488. The first-order chi connectivity index (χ1) is 9.04. The van der Waals surface area contributed by atoms with E-state index in [9.17, 15) is 9.18 Å². The van der Waals surface area contributed by atoms with Crippen molar-refractivity contribution in [1.82, 2.24) is 5.16 Å². The number of carbonyl (C=O) groups excluding carboxylic acids is 1. The third-order valence-electron chi connectivity index (χ3n) is 2.24. The number of hydrogen-bond acceptors (Lipinski definition) is 5. The van der Waals surface area contributed by atoms with Crippen LogP contribution in [0.4, 0.5) is 15.9 Å². The van der Waals surface area contributed by atoms with Crippen LogP contribution < -0.4 is 11.1 Å². The summed E-state index contributed by atoms with van der Waals surface area (Å²) in [5, 5.41) is 6.22. The van der Waals surface area contributed by atoms with E-state index in [0.717, 1.165) is 0 Å². The summed E-state index contributed by atoms with van der Waals surface area (Å²) in [7, 11) is 0. The largest absolute Gasteiger partial charge is 0.396 e. The van der Waals surface area contributed by atoms with Crippen LogP contribution in [0.3, 0.4) is 0 Å². The molecule has 0 fully saturated rings. The number of thioether (sulfide) groups is 1. The number of rotatable bonds is 4. The molecule has 0 saturated carbocycles. The van der Waals surface area contributed by atoms with Crippen molar-refractivity contribution in [2.45, 2.75) is 11.8 Å². The summed E-state index contributed by atoms with van der Waals surface area (Å²) in [4.78, 5) is 12.3. The van der Waals surface area contributed by atoms with Gasteiger partial charge in [-0.15, -0.1) is 11.8 Å². The van der Waals surface area contributed by atoms with E-state index in [0.29, 0.717) is 16.5 Å². The smallest absolute Gasteiger partial charge is 0.235 e. The maximum atomic E-state index is 13.2. The van der Waals surface area contributed by atoms with Crippen molar-refractivity contribution < 1.29 is 13.7 Å². The number of aryl methyl sites for hydroxylation is 1. The van der Waals surface area contributed by atoms with Gasteiger partial charge in [-0.25, -0.2) is 4.39 Å². The van der Waals surface area contributed by atoms with Crippen molar-refractivity contribution >= 4 is 29.2 Å².